The first kappa shape index (κ1) is 47.8. The second-order valence-corrected chi connectivity index (χ2v) is 18.4. The van der Waals surface area contributed by atoms with E-state index in [0.29, 0.717) is 64.4 Å². The number of rotatable bonds is 26. The third-order valence-corrected chi connectivity index (χ3v) is 13.5. The molecule has 2 spiro atoms. The number of aliphatic hydroxyl groups is 2. The van der Waals surface area contributed by atoms with E-state index in [1.165, 1.54) is 51.4 Å². The standard InChI is InChI=1S/C46H82N6O7/c1-3-39-23-17-18-27-44(59-39)34-37-25-29-46(56)41(45(28-20-22-36(2)58-45)50-43(49-44)52(37)46)42(55)57-33-19-15-13-11-9-7-5-4-6-8-10-12-14-16-24-40(54)51(32-21-30-47)35-38(53)26-31-48/h17,23,36-39,41,53,56H,3-16,18-22,24-35,47-48H2,1-2H3,(H,49,50)/t36-,37+,38+,39+,41-,44+,45-,46+/m1/s1. The van der Waals surface area contributed by atoms with Crippen molar-refractivity contribution >= 4 is 17.8 Å². The summed E-state index contributed by atoms with van der Waals surface area (Å²) in [6, 6.07) is 0.0167. The molecule has 8 atom stereocenters. The second kappa shape index (κ2) is 23.8. The Morgan fingerprint density at radius 1 is 0.949 bits per heavy atom. The molecule has 0 radical (unpaired) electrons. The predicted molar refractivity (Wildman–Crippen MR) is 232 cm³/mol. The quantitative estimate of drug-likeness (QED) is 0.0363. The van der Waals surface area contributed by atoms with Crippen LogP contribution in [0.15, 0.2) is 17.1 Å². The van der Waals surface area contributed by atoms with Crippen molar-refractivity contribution in [3.05, 3.63) is 12.2 Å². The number of amides is 1. The van der Waals surface area contributed by atoms with Gasteiger partial charge in [-0.05, 0) is 97.1 Å². The number of ether oxygens (including phenoxy) is 3. The summed E-state index contributed by atoms with van der Waals surface area (Å²) in [5.74, 6) is -0.579. The highest BCUT2D eigenvalue weighted by Gasteiger charge is 2.69. The van der Waals surface area contributed by atoms with E-state index in [-0.39, 0.29) is 24.2 Å². The molecular formula is C46H82N6O7. The van der Waals surface area contributed by atoms with Crippen molar-refractivity contribution in [3.8, 4) is 0 Å². The van der Waals surface area contributed by atoms with E-state index in [0.717, 1.165) is 89.9 Å². The largest absolute Gasteiger partial charge is 0.465 e. The molecule has 13 heteroatoms. The lowest BCUT2D eigenvalue weighted by molar-refractivity contribution is -0.243. The van der Waals surface area contributed by atoms with Gasteiger partial charge in [0.05, 0.1) is 24.9 Å². The zero-order valence-electron chi connectivity index (χ0n) is 36.9. The van der Waals surface area contributed by atoms with E-state index in [1.807, 2.05) is 11.8 Å². The number of esters is 1. The fourth-order valence-corrected chi connectivity index (χ4v) is 10.4. The van der Waals surface area contributed by atoms with E-state index < -0.39 is 35.2 Å². The van der Waals surface area contributed by atoms with Crippen LogP contribution in [0.5, 0.6) is 0 Å². The molecule has 5 heterocycles. The first-order valence-electron chi connectivity index (χ1n) is 24.0. The van der Waals surface area contributed by atoms with Gasteiger partial charge < -0.3 is 51.0 Å². The third kappa shape index (κ3) is 13.1. The molecule has 3 fully saturated rings. The minimum Gasteiger partial charge on any atom is -0.465 e. The molecule has 59 heavy (non-hydrogen) atoms. The van der Waals surface area contributed by atoms with E-state index in [1.54, 1.807) is 4.90 Å². The van der Waals surface area contributed by atoms with Crippen molar-refractivity contribution in [1.82, 2.24) is 15.1 Å². The van der Waals surface area contributed by atoms with Crippen molar-refractivity contribution in [2.24, 2.45) is 22.4 Å². The lowest BCUT2D eigenvalue weighted by Crippen LogP contribution is -2.75. The number of nitrogens with two attached hydrogens (primary N) is 2. The van der Waals surface area contributed by atoms with Crippen LogP contribution in [-0.2, 0) is 23.8 Å². The fourth-order valence-electron chi connectivity index (χ4n) is 10.4. The topological polar surface area (TPSA) is 185 Å². The van der Waals surface area contributed by atoms with Crippen molar-refractivity contribution < 1.29 is 34.0 Å². The Hall–Kier alpha value is -2.29. The van der Waals surface area contributed by atoms with Crippen LogP contribution in [0.4, 0.5) is 0 Å². The van der Waals surface area contributed by atoms with Gasteiger partial charge in [-0.2, -0.15) is 0 Å². The molecule has 1 amide bonds. The minimum atomic E-state index is -1.43. The lowest BCUT2D eigenvalue weighted by atomic mass is 9.78. The maximum absolute atomic E-state index is 14.1. The zero-order chi connectivity index (χ0) is 42.1. The van der Waals surface area contributed by atoms with Crippen LogP contribution >= 0.6 is 0 Å². The number of guanidine groups is 1. The minimum absolute atomic E-state index is 0.0167. The summed E-state index contributed by atoms with van der Waals surface area (Å²) in [5.41, 5.74) is 8.03. The number of hydrogen-bond acceptors (Lipinski definition) is 12. The molecule has 0 aromatic carbocycles. The summed E-state index contributed by atoms with van der Waals surface area (Å²) < 4.78 is 19.4. The van der Waals surface area contributed by atoms with Gasteiger partial charge in [0, 0.05) is 32.0 Å². The smallest absolute Gasteiger partial charge is 0.318 e. The van der Waals surface area contributed by atoms with Gasteiger partial charge in [0.15, 0.2) is 17.4 Å². The number of unbranched alkanes of at least 4 members (excludes halogenated alkanes) is 13. The molecule has 3 saturated heterocycles. The average molecular weight is 831 g/mol. The van der Waals surface area contributed by atoms with Crippen molar-refractivity contribution in [2.45, 2.75) is 222 Å². The summed E-state index contributed by atoms with van der Waals surface area (Å²) in [6.07, 6.45) is 28.5. The Balaban J connectivity index is 0.946. The molecule has 0 unspecified atom stereocenters. The third-order valence-electron chi connectivity index (χ3n) is 13.5. The Morgan fingerprint density at radius 3 is 2.27 bits per heavy atom. The number of hydrogen-bond donors (Lipinski definition) is 5. The maximum atomic E-state index is 14.1. The lowest BCUT2D eigenvalue weighted by Gasteiger charge is -2.58. The average Bonchev–Trinajstić information content (AvgIpc) is 3.41. The zero-order valence-corrected chi connectivity index (χ0v) is 36.9. The van der Waals surface area contributed by atoms with Crippen LogP contribution in [0.2, 0.25) is 0 Å². The Bertz CT molecular complexity index is 1350. The normalized spacial score (nSPS) is 30.5. The van der Waals surface area contributed by atoms with E-state index in [4.69, 9.17) is 30.7 Å². The number of nitrogens with one attached hydrogen (secondary N) is 1. The monoisotopic (exact) mass is 831 g/mol. The molecule has 5 aliphatic rings. The molecule has 0 bridgehead atoms. The van der Waals surface area contributed by atoms with Gasteiger partial charge in [-0.3, -0.25) is 9.59 Å². The summed E-state index contributed by atoms with van der Waals surface area (Å²) in [7, 11) is 0. The van der Waals surface area contributed by atoms with Gasteiger partial charge >= 0.3 is 5.97 Å². The highest BCUT2D eigenvalue weighted by molar-refractivity contribution is 5.87. The van der Waals surface area contributed by atoms with Crippen LogP contribution in [0.25, 0.3) is 0 Å². The van der Waals surface area contributed by atoms with Crippen LogP contribution in [0.1, 0.15) is 181 Å². The summed E-state index contributed by atoms with van der Waals surface area (Å²) in [4.78, 5) is 35.8. The number of carbonyl (C=O) groups is 2. The maximum Gasteiger partial charge on any atom is 0.318 e. The molecule has 7 N–H and O–H groups in total. The van der Waals surface area contributed by atoms with Gasteiger partial charge in [0.1, 0.15) is 5.72 Å². The molecule has 338 valence electrons. The van der Waals surface area contributed by atoms with Crippen LogP contribution < -0.4 is 16.8 Å². The number of aliphatic imine (C=N–C) groups is 1. The first-order chi connectivity index (χ1) is 28.6. The van der Waals surface area contributed by atoms with Gasteiger partial charge in [0.25, 0.3) is 0 Å². The summed E-state index contributed by atoms with van der Waals surface area (Å²) >= 11 is 0. The van der Waals surface area contributed by atoms with Crippen LogP contribution in [0, 0.1) is 5.92 Å². The Morgan fingerprint density at radius 2 is 1.63 bits per heavy atom. The Labute approximate surface area is 355 Å². The molecule has 0 saturated carbocycles. The second-order valence-electron chi connectivity index (χ2n) is 18.4. The van der Waals surface area contributed by atoms with Gasteiger partial charge in [-0.15, -0.1) is 0 Å². The highest BCUT2D eigenvalue weighted by atomic mass is 16.6. The van der Waals surface area contributed by atoms with E-state index >= 15 is 0 Å². The predicted octanol–water partition coefficient (Wildman–Crippen LogP) is 6.53. The molecule has 0 aromatic rings. The SMILES string of the molecule is CC[C@H]1C=CCC[C@@]2(C[C@@H]3CC[C@]4(O)[C@H](C(=O)OCCCCCCCCCCCCCCCCC(=O)N(CCCN)C[C@@H](O)CCN)[C@]5(CCC[C@@H](C)O5)N=C(N2)N34)O1. The fraction of sp³-hybridized carbons (Fsp3) is 0.891. The van der Waals surface area contributed by atoms with Gasteiger partial charge in [-0.1, -0.05) is 96.1 Å². The van der Waals surface area contributed by atoms with Crippen molar-refractivity contribution in [3.63, 3.8) is 0 Å². The molecule has 0 aromatic heterocycles. The Kier molecular flexibility index (Phi) is 19.3. The molecule has 5 aliphatic heterocycles. The van der Waals surface area contributed by atoms with Crippen molar-refractivity contribution in [1.29, 1.82) is 0 Å². The van der Waals surface area contributed by atoms with Crippen molar-refractivity contribution in [2.75, 3.05) is 32.8 Å². The van der Waals surface area contributed by atoms with Crippen LogP contribution in [0.3, 0.4) is 0 Å². The summed E-state index contributed by atoms with van der Waals surface area (Å²) in [5, 5.41) is 26.3. The summed E-state index contributed by atoms with van der Waals surface area (Å²) in [6.45, 7) is 6.43. The van der Waals surface area contributed by atoms with Crippen LogP contribution in [-0.4, -0.2) is 112 Å². The van der Waals surface area contributed by atoms with Gasteiger partial charge in [-0.25, -0.2) is 4.99 Å². The first-order valence-corrected chi connectivity index (χ1v) is 24.0. The number of carbonyl (C=O) groups excluding carboxylic acids is 2. The van der Waals surface area contributed by atoms with Gasteiger partial charge in [0.2, 0.25) is 11.9 Å². The number of allylic oxidation sites excluding steroid dienone is 1. The molecule has 5 rings (SSSR count). The number of aliphatic hydroxyl groups excluding tert-OH is 1. The molecular weight excluding hydrogens is 749 g/mol. The van der Waals surface area contributed by atoms with E-state index in [2.05, 4.69) is 24.4 Å². The molecule has 0 aliphatic carbocycles. The molecule has 13 nitrogen and oxygen atoms in total. The van der Waals surface area contributed by atoms with E-state index in [9.17, 15) is 19.8 Å². The number of nitrogens with zero attached hydrogens (tertiary/aromatic N) is 3. The highest BCUT2D eigenvalue weighted by Crippen LogP contribution is 2.54.